The van der Waals surface area contributed by atoms with E-state index in [1.165, 1.54) is 18.2 Å². The van der Waals surface area contributed by atoms with Crippen LogP contribution in [0.25, 0.3) is 11.3 Å². The van der Waals surface area contributed by atoms with Crippen molar-refractivity contribution in [1.82, 2.24) is 0 Å². The molecule has 0 radical (unpaired) electrons. The van der Waals surface area contributed by atoms with Crippen molar-refractivity contribution in [1.29, 1.82) is 0 Å². The monoisotopic (exact) mass is 238 g/mol. The zero-order valence-corrected chi connectivity index (χ0v) is 8.60. The molecule has 3 nitrogen and oxygen atoms in total. The largest absolute Gasteiger partial charge is 0.453 e. The third kappa shape index (κ3) is 2.69. The Morgan fingerprint density at radius 3 is 2.71 bits per heavy atom. The van der Waals surface area contributed by atoms with Gasteiger partial charge >= 0.3 is 6.61 Å². The van der Waals surface area contributed by atoms with Gasteiger partial charge in [-0.25, -0.2) is 0 Å². The van der Waals surface area contributed by atoms with E-state index in [0.717, 1.165) is 0 Å². The van der Waals surface area contributed by atoms with Crippen LogP contribution in [0.3, 0.4) is 0 Å². The van der Waals surface area contributed by atoms with E-state index in [0.29, 0.717) is 17.6 Å². The lowest BCUT2D eigenvalue weighted by Crippen LogP contribution is -2.01. The van der Waals surface area contributed by atoms with Crippen molar-refractivity contribution in [3.05, 3.63) is 42.2 Å². The standard InChI is InChI=1S/C12H8F2O3/c13-12(14)17-9-3-1-2-8(6-9)11-5-4-10(7-15)16-11/h1-7,12H. The minimum absolute atomic E-state index is 0.0431. The summed E-state index contributed by atoms with van der Waals surface area (Å²) in [5.74, 6) is 0.647. The molecule has 2 aromatic rings. The Morgan fingerprint density at radius 2 is 2.06 bits per heavy atom. The van der Waals surface area contributed by atoms with E-state index >= 15 is 0 Å². The molecule has 0 atom stereocenters. The Hall–Kier alpha value is -2.17. The molecule has 17 heavy (non-hydrogen) atoms. The highest BCUT2D eigenvalue weighted by Crippen LogP contribution is 2.26. The SMILES string of the molecule is O=Cc1ccc(-c2cccc(OC(F)F)c2)o1. The van der Waals surface area contributed by atoms with Crippen LogP contribution in [0.1, 0.15) is 10.6 Å². The second kappa shape index (κ2) is 4.78. The summed E-state index contributed by atoms with van der Waals surface area (Å²) in [7, 11) is 0. The Bertz CT molecular complexity index is 520. The summed E-state index contributed by atoms with van der Waals surface area (Å²) in [4.78, 5) is 10.4. The first-order valence-electron chi connectivity index (χ1n) is 4.79. The number of carbonyl (C=O) groups is 1. The molecule has 88 valence electrons. The minimum Gasteiger partial charge on any atom is -0.453 e. The highest BCUT2D eigenvalue weighted by Gasteiger charge is 2.08. The summed E-state index contributed by atoms with van der Waals surface area (Å²) in [5, 5.41) is 0. The van der Waals surface area contributed by atoms with E-state index in [1.54, 1.807) is 18.2 Å². The Labute approximate surface area is 95.6 Å². The zero-order valence-electron chi connectivity index (χ0n) is 8.60. The molecule has 0 unspecified atom stereocenters. The molecule has 1 aromatic heterocycles. The lowest BCUT2D eigenvalue weighted by Gasteiger charge is -2.05. The number of hydrogen-bond acceptors (Lipinski definition) is 3. The summed E-state index contributed by atoms with van der Waals surface area (Å²) in [5.41, 5.74) is 0.566. The summed E-state index contributed by atoms with van der Waals surface area (Å²) < 4.78 is 33.5. The van der Waals surface area contributed by atoms with Gasteiger partial charge in [0.1, 0.15) is 11.5 Å². The summed E-state index contributed by atoms with van der Waals surface area (Å²) in [6, 6.07) is 9.16. The maximum Gasteiger partial charge on any atom is 0.387 e. The van der Waals surface area contributed by atoms with Crippen LogP contribution in [0.15, 0.2) is 40.8 Å². The minimum atomic E-state index is -2.87. The first kappa shape index (κ1) is 11.3. The molecule has 0 spiro atoms. The molecule has 0 N–H and O–H groups in total. The van der Waals surface area contributed by atoms with E-state index in [-0.39, 0.29) is 11.5 Å². The van der Waals surface area contributed by atoms with Gasteiger partial charge < -0.3 is 9.15 Å². The van der Waals surface area contributed by atoms with Crippen LogP contribution in [-0.2, 0) is 0 Å². The number of ether oxygens (including phenoxy) is 1. The first-order valence-corrected chi connectivity index (χ1v) is 4.79. The normalized spacial score (nSPS) is 10.5. The van der Waals surface area contributed by atoms with Gasteiger partial charge in [0.15, 0.2) is 12.0 Å². The fourth-order valence-corrected chi connectivity index (χ4v) is 1.40. The number of halogens is 2. The molecule has 5 heteroatoms. The number of rotatable bonds is 4. The zero-order chi connectivity index (χ0) is 12.3. The van der Waals surface area contributed by atoms with Crippen LogP contribution >= 0.6 is 0 Å². The van der Waals surface area contributed by atoms with Crippen LogP contribution in [0.4, 0.5) is 8.78 Å². The second-order valence-corrected chi connectivity index (χ2v) is 3.23. The van der Waals surface area contributed by atoms with Crippen LogP contribution in [0, 0.1) is 0 Å². The van der Waals surface area contributed by atoms with Gasteiger partial charge in [-0.2, -0.15) is 8.78 Å². The molecule has 0 saturated heterocycles. The fraction of sp³-hybridized carbons (Fsp3) is 0.0833. The van der Waals surface area contributed by atoms with Crippen LogP contribution in [-0.4, -0.2) is 12.9 Å². The van der Waals surface area contributed by atoms with Gasteiger partial charge in [0, 0.05) is 5.56 Å². The average Bonchev–Trinajstić information content (AvgIpc) is 2.77. The molecule has 0 aliphatic carbocycles. The van der Waals surface area contributed by atoms with Gasteiger partial charge in [0.2, 0.25) is 0 Å². The maximum atomic E-state index is 12.0. The van der Waals surface area contributed by atoms with E-state index in [1.807, 2.05) is 0 Å². The second-order valence-electron chi connectivity index (χ2n) is 3.23. The van der Waals surface area contributed by atoms with Gasteiger partial charge in [-0.05, 0) is 24.3 Å². The predicted molar refractivity (Wildman–Crippen MR) is 56.2 cm³/mol. The molecular formula is C12H8F2O3. The summed E-state index contributed by atoms with van der Waals surface area (Å²) in [6.45, 7) is -2.87. The quantitative estimate of drug-likeness (QED) is 0.766. The van der Waals surface area contributed by atoms with E-state index in [4.69, 9.17) is 4.42 Å². The number of furan rings is 1. The fourth-order valence-electron chi connectivity index (χ4n) is 1.40. The van der Waals surface area contributed by atoms with Crippen LogP contribution < -0.4 is 4.74 Å². The summed E-state index contributed by atoms with van der Waals surface area (Å²) >= 11 is 0. The highest BCUT2D eigenvalue weighted by atomic mass is 19.3. The van der Waals surface area contributed by atoms with Crippen molar-refractivity contribution in [2.24, 2.45) is 0 Å². The molecule has 0 bridgehead atoms. The van der Waals surface area contributed by atoms with Gasteiger partial charge in [0.25, 0.3) is 0 Å². The third-order valence-electron chi connectivity index (χ3n) is 2.09. The Kier molecular flexibility index (Phi) is 3.18. The van der Waals surface area contributed by atoms with Gasteiger partial charge in [-0.3, -0.25) is 4.79 Å². The van der Waals surface area contributed by atoms with Crippen LogP contribution in [0.5, 0.6) is 5.75 Å². The molecule has 2 rings (SSSR count). The van der Waals surface area contributed by atoms with E-state index in [2.05, 4.69) is 4.74 Å². The highest BCUT2D eigenvalue weighted by molar-refractivity contribution is 5.73. The van der Waals surface area contributed by atoms with Crippen molar-refractivity contribution in [3.63, 3.8) is 0 Å². The lowest BCUT2D eigenvalue weighted by atomic mass is 10.2. The van der Waals surface area contributed by atoms with Crippen LogP contribution in [0.2, 0.25) is 0 Å². The first-order chi connectivity index (χ1) is 8.19. The number of hydrogen-bond donors (Lipinski definition) is 0. The van der Waals surface area contributed by atoms with Gasteiger partial charge in [-0.1, -0.05) is 12.1 Å². The molecule has 0 aliphatic heterocycles. The van der Waals surface area contributed by atoms with E-state index < -0.39 is 6.61 Å². The predicted octanol–water partition coefficient (Wildman–Crippen LogP) is 3.36. The molecule has 0 aliphatic rings. The molecule has 1 aromatic carbocycles. The summed E-state index contributed by atoms with van der Waals surface area (Å²) in [6.07, 6.45) is 0.572. The molecule has 0 amide bonds. The number of carbonyl (C=O) groups excluding carboxylic acids is 1. The van der Waals surface area contributed by atoms with Crippen molar-refractivity contribution in [3.8, 4) is 17.1 Å². The molecular weight excluding hydrogens is 230 g/mol. The number of alkyl halides is 2. The van der Waals surface area contributed by atoms with Crippen molar-refractivity contribution >= 4 is 6.29 Å². The van der Waals surface area contributed by atoms with Crippen molar-refractivity contribution in [2.75, 3.05) is 0 Å². The van der Waals surface area contributed by atoms with E-state index in [9.17, 15) is 13.6 Å². The molecule has 0 saturated carbocycles. The number of aldehydes is 1. The van der Waals surface area contributed by atoms with Crippen molar-refractivity contribution < 1.29 is 22.7 Å². The maximum absolute atomic E-state index is 12.0. The third-order valence-corrected chi connectivity index (χ3v) is 2.09. The average molecular weight is 238 g/mol. The topological polar surface area (TPSA) is 39.4 Å². The van der Waals surface area contributed by atoms with Crippen molar-refractivity contribution in [2.45, 2.75) is 6.61 Å². The Balaban J connectivity index is 2.29. The van der Waals surface area contributed by atoms with Gasteiger partial charge in [-0.15, -0.1) is 0 Å². The number of benzene rings is 1. The lowest BCUT2D eigenvalue weighted by molar-refractivity contribution is -0.0498. The smallest absolute Gasteiger partial charge is 0.387 e. The molecule has 1 heterocycles. The Morgan fingerprint density at radius 1 is 1.24 bits per heavy atom. The molecule has 0 fully saturated rings. The van der Waals surface area contributed by atoms with Gasteiger partial charge in [0.05, 0.1) is 0 Å².